The fraction of sp³-hybridized carbons (Fsp3) is 0.211. The third-order valence-electron chi connectivity index (χ3n) is 4.16. The Morgan fingerprint density at radius 1 is 1.15 bits per heavy atom. The van der Waals surface area contributed by atoms with Crippen LogP contribution in [0.5, 0.6) is 0 Å². The van der Waals surface area contributed by atoms with Gasteiger partial charge in [0.05, 0.1) is 18.2 Å². The van der Waals surface area contributed by atoms with Crippen molar-refractivity contribution in [3.8, 4) is 11.3 Å². The van der Waals surface area contributed by atoms with E-state index in [4.69, 9.17) is 5.73 Å². The zero-order valence-electron chi connectivity index (χ0n) is 14.2. The van der Waals surface area contributed by atoms with E-state index in [-0.39, 0.29) is 18.6 Å². The molecule has 1 aromatic carbocycles. The highest BCUT2D eigenvalue weighted by Crippen LogP contribution is 2.18. The second-order valence-corrected chi connectivity index (χ2v) is 6.08. The SMILES string of the molecule is Cn1nc(-c2ccncc2)cc1CC(=O)[C@@H](N)Cc1ccc(F)c(F)c1. The molecule has 0 aliphatic carbocycles. The number of carbonyl (C=O) groups is 1. The predicted molar refractivity (Wildman–Crippen MR) is 93.2 cm³/mol. The fourth-order valence-electron chi connectivity index (χ4n) is 2.68. The quantitative estimate of drug-likeness (QED) is 0.736. The lowest BCUT2D eigenvalue weighted by molar-refractivity contribution is -0.119. The Balaban J connectivity index is 1.69. The molecule has 0 saturated carbocycles. The summed E-state index contributed by atoms with van der Waals surface area (Å²) >= 11 is 0. The summed E-state index contributed by atoms with van der Waals surface area (Å²) in [5.41, 5.74) is 8.80. The molecule has 134 valence electrons. The minimum Gasteiger partial charge on any atom is -0.321 e. The molecule has 3 rings (SSSR count). The van der Waals surface area contributed by atoms with E-state index in [1.165, 1.54) is 6.07 Å². The van der Waals surface area contributed by atoms with Crippen LogP contribution in [0.4, 0.5) is 8.78 Å². The molecule has 0 aliphatic rings. The fourth-order valence-corrected chi connectivity index (χ4v) is 2.68. The summed E-state index contributed by atoms with van der Waals surface area (Å²) in [4.78, 5) is 16.4. The number of ketones is 1. The zero-order chi connectivity index (χ0) is 18.7. The van der Waals surface area contributed by atoms with Gasteiger partial charge in [0.1, 0.15) is 0 Å². The Hall–Kier alpha value is -2.93. The maximum atomic E-state index is 13.3. The van der Waals surface area contributed by atoms with Gasteiger partial charge in [0.15, 0.2) is 17.4 Å². The van der Waals surface area contributed by atoms with Crippen molar-refractivity contribution in [3.05, 3.63) is 71.7 Å². The molecule has 0 saturated heterocycles. The minimum atomic E-state index is -0.948. The summed E-state index contributed by atoms with van der Waals surface area (Å²) < 4.78 is 27.9. The number of benzene rings is 1. The average Bonchev–Trinajstić information content (AvgIpc) is 2.99. The molecule has 0 radical (unpaired) electrons. The molecule has 0 bridgehead atoms. The smallest absolute Gasteiger partial charge is 0.159 e. The Kier molecular flexibility index (Phi) is 5.18. The third-order valence-corrected chi connectivity index (χ3v) is 4.16. The van der Waals surface area contributed by atoms with E-state index in [0.29, 0.717) is 5.56 Å². The normalized spacial score (nSPS) is 12.2. The Morgan fingerprint density at radius 3 is 2.58 bits per heavy atom. The number of aromatic nitrogens is 3. The van der Waals surface area contributed by atoms with Crippen molar-refractivity contribution < 1.29 is 13.6 Å². The van der Waals surface area contributed by atoms with Gasteiger partial charge in [0.2, 0.25) is 0 Å². The highest BCUT2D eigenvalue weighted by Gasteiger charge is 2.18. The molecule has 7 heteroatoms. The van der Waals surface area contributed by atoms with Crippen molar-refractivity contribution in [2.45, 2.75) is 18.9 Å². The van der Waals surface area contributed by atoms with Crippen LogP contribution in [0.25, 0.3) is 11.3 Å². The number of nitrogens with two attached hydrogens (primary N) is 1. The van der Waals surface area contributed by atoms with E-state index in [0.717, 1.165) is 29.1 Å². The van der Waals surface area contributed by atoms with Crippen LogP contribution in [-0.2, 0) is 24.7 Å². The zero-order valence-corrected chi connectivity index (χ0v) is 14.2. The number of rotatable bonds is 6. The Labute approximate surface area is 149 Å². The summed E-state index contributed by atoms with van der Waals surface area (Å²) in [7, 11) is 1.76. The summed E-state index contributed by atoms with van der Waals surface area (Å²) in [5, 5.41) is 4.40. The van der Waals surface area contributed by atoms with E-state index in [1.807, 2.05) is 18.2 Å². The highest BCUT2D eigenvalue weighted by atomic mass is 19.2. The first kappa shape index (κ1) is 17.9. The molecule has 2 aromatic heterocycles. The van der Waals surface area contributed by atoms with Gasteiger partial charge >= 0.3 is 0 Å². The largest absolute Gasteiger partial charge is 0.321 e. The number of aryl methyl sites for hydroxylation is 1. The van der Waals surface area contributed by atoms with Gasteiger partial charge in [-0.25, -0.2) is 8.78 Å². The second-order valence-electron chi connectivity index (χ2n) is 6.08. The summed E-state index contributed by atoms with van der Waals surface area (Å²) in [6.07, 6.45) is 3.60. The van der Waals surface area contributed by atoms with Crippen molar-refractivity contribution in [2.75, 3.05) is 0 Å². The number of pyridine rings is 1. The predicted octanol–water partition coefficient (Wildman–Crippen LogP) is 2.44. The van der Waals surface area contributed by atoms with Gasteiger partial charge < -0.3 is 5.73 Å². The number of carbonyl (C=O) groups excluding carboxylic acids is 1. The number of hydrogen-bond donors (Lipinski definition) is 1. The number of halogens is 2. The van der Waals surface area contributed by atoms with Crippen LogP contribution in [0.15, 0.2) is 48.8 Å². The van der Waals surface area contributed by atoms with Crippen LogP contribution in [0.3, 0.4) is 0 Å². The first-order chi connectivity index (χ1) is 12.4. The lowest BCUT2D eigenvalue weighted by Crippen LogP contribution is -2.34. The van der Waals surface area contributed by atoms with Gasteiger partial charge in [-0.1, -0.05) is 6.07 Å². The summed E-state index contributed by atoms with van der Waals surface area (Å²) in [6.45, 7) is 0. The minimum absolute atomic E-state index is 0.111. The third kappa shape index (κ3) is 4.00. The number of nitrogens with zero attached hydrogens (tertiary/aromatic N) is 3. The monoisotopic (exact) mass is 356 g/mol. The van der Waals surface area contributed by atoms with Crippen LogP contribution in [0.2, 0.25) is 0 Å². The van der Waals surface area contributed by atoms with Crippen LogP contribution < -0.4 is 5.73 Å². The first-order valence-electron chi connectivity index (χ1n) is 8.09. The molecule has 26 heavy (non-hydrogen) atoms. The van der Waals surface area contributed by atoms with Gasteiger partial charge in [0.25, 0.3) is 0 Å². The van der Waals surface area contributed by atoms with Gasteiger partial charge in [-0.3, -0.25) is 14.5 Å². The van der Waals surface area contributed by atoms with Crippen molar-refractivity contribution >= 4 is 5.78 Å². The van der Waals surface area contributed by atoms with Crippen LogP contribution in [-0.4, -0.2) is 26.6 Å². The van der Waals surface area contributed by atoms with Gasteiger partial charge in [0, 0.05) is 30.7 Å². The Bertz CT molecular complexity index is 925. The summed E-state index contributed by atoms with van der Waals surface area (Å²) in [6, 6.07) is 8.22. The van der Waals surface area contributed by atoms with E-state index in [1.54, 1.807) is 24.1 Å². The van der Waals surface area contributed by atoms with E-state index >= 15 is 0 Å². The van der Waals surface area contributed by atoms with Crippen LogP contribution >= 0.6 is 0 Å². The molecule has 3 aromatic rings. The van der Waals surface area contributed by atoms with Gasteiger partial charge in [-0.05, 0) is 42.3 Å². The first-order valence-corrected chi connectivity index (χ1v) is 8.09. The van der Waals surface area contributed by atoms with Crippen LogP contribution in [0, 0.1) is 11.6 Å². The molecule has 0 unspecified atom stereocenters. The Morgan fingerprint density at radius 2 is 1.88 bits per heavy atom. The van der Waals surface area contributed by atoms with E-state index < -0.39 is 17.7 Å². The van der Waals surface area contributed by atoms with Crippen molar-refractivity contribution in [1.82, 2.24) is 14.8 Å². The van der Waals surface area contributed by atoms with Crippen LogP contribution in [0.1, 0.15) is 11.3 Å². The molecule has 0 aliphatic heterocycles. The maximum Gasteiger partial charge on any atom is 0.159 e. The van der Waals surface area contributed by atoms with Crippen molar-refractivity contribution in [2.24, 2.45) is 12.8 Å². The lowest BCUT2D eigenvalue weighted by atomic mass is 10.00. The molecule has 0 amide bonds. The highest BCUT2D eigenvalue weighted by molar-refractivity contribution is 5.86. The van der Waals surface area contributed by atoms with Gasteiger partial charge in [-0.2, -0.15) is 5.10 Å². The van der Waals surface area contributed by atoms with Gasteiger partial charge in [-0.15, -0.1) is 0 Å². The van der Waals surface area contributed by atoms with Crippen molar-refractivity contribution in [3.63, 3.8) is 0 Å². The topological polar surface area (TPSA) is 73.8 Å². The molecule has 0 fully saturated rings. The molecule has 5 nitrogen and oxygen atoms in total. The molecular formula is C19H18F2N4O. The lowest BCUT2D eigenvalue weighted by Gasteiger charge is -2.11. The standard InChI is InChI=1S/C19H18F2N4O/c1-25-14(10-18(24-25)13-4-6-23-7-5-13)11-19(26)17(22)9-12-2-3-15(20)16(21)8-12/h2-8,10,17H,9,11,22H2,1H3/t17-/m0/s1. The maximum absolute atomic E-state index is 13.3. The van der Waals surface area contributed by atoms with E-state index in [2.05, 4.69) is 10.1 Å². The summed E-state index contributed by atoms with van der Waals surface area (Å²) in [5.74, 6) is -2.07. The molecule has 1 atom stereocenters. The number of hydrogen-bond acceptors (Lipinski definition) is 4. The molecule has 0 spiro atoms. The van der Waals surface area contributed by atoms with Crippen molar-refractivity contribution in [1.29, 1.82) is 0 Å². The second kappa shape index (κ2) is 7.53. The molecular weight excluding hydrogens is 338 g/mol. The average molecular weight is 356 g/mol. The molecule has 2 N–H and O–H groups in total. The van der Waals surface area contributed by atoms with E-state index in [9.17, 15) is 13.6 Å². The number of Topliss-reactive ketones (excluding diaryl/α,β-unsaturated/α-hetero) is 1. The molecule has 2 heterocycles.